The first kappa shape index (κ1) is 20.5. The van der Waals surface area contributed by atoms with Crippen LogP contribution in [-0.4, -0.2) is 35.8 Å². The normalized spacial score (nSPS) is 14.1. The van der Waals surface area contributed by atoms with E-state index in [1.807, 2.05) is 0 Å². The largest absolute Gasteiger partial charge is 0.495 e. The third-order valence-electron chi connectivity index (χ3n) is 4.46. The van der Waals surface area contributed by atoms with Gasteiger partial charge in [0.25, 0.3) is 11.8 Å². The minimum Gasteiger partial charge on any atom is -0.495 e. The number of amides is 3. The van der Waals surface area contributed by atoms with Gasteiger partial charge in [-0.25, -0.2) is 0 Å². The van der Waals surface area contributed by atoms with Crippen molar-refractivity contribution in [2.45, 2.75) is 19.9 Å². The zero-order valence-electron chi connectivity index (χ0n) is 15.1. The third kappa shape index (κ3) is 3.43. The van der Waals surface area contributed by atoms with E-state index in [1.165, 1.54) is 26.2 Å². The fraction of sp³-hybridized carbons (Fsp3) is 0.211. The van der Waals surface area contributed by atoms with Crippen molar-refractivity contribution in [2.24, 2.45) is 0 Å². The van der Waals surface area contributed by atoms with E-state index in [0.29, 0.717) is 16.5 Å². The number of fused-ring (bicyclic) bond motifs is 1. The van der Waals surface area contributed by atoms with Crippen LogP contribution >= 0.6 is 34.8 Å². The van der Waals surface area contributed by atoms with Gasteiger partial charge in [0.15, 0.2) is 0 Å². The number of nitrogens with one attached hydrogen (secondary N) is 1. The molecule has 0 aromatic heterocycles. The number of hydrogen-bond donors (Lipinski definition) is 1. The molecule has 0 saturated heterocycles. The van der Waals surface area contributed by atoms with Crippen LogP contribution in [-0.2, 0) is 4.79 Å². The average molecular weight is 442 g/mol. The first-order valence-electron chi connectivity index (χ1n) is 8.17. The van der Waals surface area contributed by atoms with Crippen LogP contribution in [0.15, 0.2) is 24.3 Å². The van der Waals surface area contributed by atoms with Gasteiger partial charge >= 0.3 is 0 Å². The molecule has 0 saturated carbocycles. The molecule has 0 spiro atoms. The van der Waals surface area contributed by atoms with Crippen molar-refractivity contribution in [1.82, 2.24) is 4.90 Å². The fourth-order valence-corrected chi connectivity index (χ4v) is 3.37. The molecule has 2 aromatic rings. The van der Waals surface area contributed by atoms with Crippen LogP contribution in [0.25, 0.3) is 0 Å². The predicted molar refractivity (Wildman–Crippen MR) is 108 cm³/mol. The molecule has 0 aliphatic carbocycles. The van der Waals surface area contributed by atoms with Crippen LogP contribution in [0.3, 0.4) is 0 Å². The first-order valence-corrected chi connectivity index (χ1v) is 9.31. The van der Waals surface area contributed by atoms with E-state index in [1.54, 1.807) is 19.1 Å². The molecule has 1 aliphatic heterocycles. The van der Waals surface area contributed by atoms with E-state index in [4.69, 9.17) is 39.5 Å². The van der Waals surface area contributed by atoms with Gasteiger partial charge in [0.1, 0.15) is 11.8 Å². The minimum absolute atomic E-state index is 0.110. The number of anilines is 1. The summed E-state index contributed by atoms with van der Waals surface area (Å²) in [5.41, 5.74) is 1.33. The molecule has 1 heterocycles. The summed E-state index contributed by atoms with van der Waals surface area (Å²) >= 11 is 18.0. The highest BCUT2D eigenvalue weighted by atomic mass is 35.5. The maximum atomic E-state index is 12.7. The van der Waals surface area contributed by atoms with Crippen molar-refractivity contribution in [3.8, 4) is 5.75 Å². The number of nitrogens with zero attached hydrogens (tertiary/aromatic N) is 1. The van der Waals surface area contributed by atoms with Crippen LogP contribution in [0.4, 0.5) is 5.69 Å². The summed E-state index contributed by atoms with van der Waals surface area (Å²) in [7, 11) is 1.44. The molecule has 1 N–H and O–H groups in total. The lowest BCUT2D eigenvalue weighted by Gasteiger charge is -2.22. The smallest absolute Gasteiger partial charge is 0.262 e. The molecule has 1 aliphatic rings. The second-order valence-electron chi connectivity index (χ2n) is 6.26. The number of hydrogen-bond acceptors (Lipinski definition) is 4. The van der Waals surface area contributed by atoms with E-state index in [0.717, 1.165) is 10.5 Å². The Bertz CT molecular complexity index is 982. The highest BCUT2D eigenvalue weighted by Gasteiger charge is 2.41. The fourth-order valence-electron chi connectivity index (χ4n) is 2.89. The Kier molecular flexibility index (Phi) is 5.57. The van der Waals surface area contributed by atoms with Crippen LogP contribution in [0.1, 0.15) is 33.2 Å². The lowest BCUT2D eigenvalue weighted by Crippen LogP contribution is -2.45. The van der Waals surface area contributed by atoms with Crippen molar-refractivity contribution < 1.29 is 19.1 Å². The van der Waals surface area contributed by atoms with Crippen molar-refractivity contribution in [3.05, 3.63) is 56.0 Å². The maximum absolute atomic E-state index is 12.7. The number of benzene rings is 2. The Morgan fingerprint density at radius 2 is 1.54 bits per heavy atom. The Balaban J connectivity index is 1.88. The number of halogens is 3. The summed E-state index contributed by atoms with van der Waals surface area (Å²) in [6.45, 7) is 3.23. The number of methoxy groups -OCH3 is 1. The standard InChI is InChI=1S/C19H15Cl3N2O4/c1-8-4-15(16(28-3)7-12(8)20)23-17(25)9(2)24-18(26)10-5-13(21)14(22)6-11(10)19(24)27/h4-7,9H,1-3H3,(H,23,25). The summed E-state index contributed by atoms with van der Waals surface area (Å²) in [6, 6.07) is 4.80. The van der Waals surface area contributed by atoms with Gasteiger partial charge in [0.2, 0.25) is 5.91 Å². The molecule has 3 rings (SSSR count). The van der Waals surface area contributed by atoms with Crippen molar-refractivity contribution >= 4 is 58.2 Å². The molecule has 3 amide bonds. The zero-order valence-corrected chi connectivity index (χ0v) is 17.4. The van der Waals surface area contributed by atoms with Crippen molar-refractivity contribution in [1.29, 1.82) is 0 Å². The second-order valence-corrected chi connectivity index (χ2v) is 7.48. The quantitative estimate of drug-likeness (QED) is 0.704. The van der Waals surface area contributed by atoms with Crippen molar-refractivity contribution in [2.75, 3.05) is 12.4 Å². The van der Waals surface area contributed by atoms with Gasteiger partial charge in [-0.15, -0.1) is 0 Å². The monoisotopic (exact) mass is 440 g/mol. The van der Waals surface area contributed by atoms with Gasteiger partial charge in [-0.05, 0) is 37.6 Å². The summed E-state index contributed by atoms with van der Waals surface area (Å²) in [4.78, 5) is 39.0. The maximum Gasteiger partial charge on any atom is 0.262 e. The number of imide groups is 1. The number of carbonyl (C=O) groups is 3. The second kappa shape index (κ2) is 7.62. The molecule has 0 fully saturated rings. The zero-order chi connectivity index (χ0) is 20.7. The van der Waals surface area contributed by atoms with Crippen LogP contribution in [0, 0.1) is 6.92 Å². The number of carbonyl (C=O) groups excluding carboxylic acids is 3. The van der Waals surface area contributed by atoms with Gasteiger partial charge in [-0.2, -0.15) is 0 Å². The molecule has 9 heteroatoms. The predicted octanol–water partition coefficient (Wildman–Crippen LogP) is 4.59. The molecular formula is C19H15Cl3N2O4. The van der Waals surface area contributed by atoms with Crippen molar-refractivity contribution in [3.63, 3.8) is 0 Å². The topological polar surface area (TPSA) is 75.7 Å². The van der Waals surface area contributed by atoms with Gasteiger partial charge in [-0.3, -0.25) is 19.3 Å². The molecule has 146 valence electrons. The molecular weight excluding hydrogens is 427 g/mol. The lowest BCUT2D eigenvalue weighted by atomic mass is 10.1. The Morgan fingerprint density at radius 3 is 2.04 bits per heavy atom. The van der Waals surface area contributed by atoms with E-state index in [-0.39, 0.29) is 21.2 Å². The summed E-state index contributed by atoms with van der Waals surface area (Å²) < 4.78 is 5.23. The molecule has 28 heavy (non-hydrogen) atoms. The highest BCUT2D eigenvalue weighted by Crippen LogP contribution is 2.34. The van der Waals surface area contributed by atoms with Crippen LogP contribution < -0.4 is 10.1 Å². The third-order valence-corrected chi connectivity index (χ3v) is 5.59. The van der Waals surface area contributed by atoms with E-state index in [2.05, 4.69) is 5.32 Å². The Labute approximate surface area is 176 Å². The van der Waals surface area contributed by atoms with Gasteiger partial charge < -0.3 is 10.1 Å². The van der Waals surface area contributed by atoms with E-state index in [9.17, 15) is 14.4 Å². The highest BCUT2D eigenvalue weighted by molar-refractivity contribution is 6.43. The molecule has 0 radical (unpaired) electrons. The molecule has 6 nitrogen and oxygen atoms in total. The number of rotatable bonds is 4. The SMILES string of the molecule is COc1cc(Cl)c(C)cc1NC(=O)C(C)N1C(=O)c2cc(Cl)c(Cl)cc2C1=O. The molecule has 1 unspecified atom stereocenters. The van der Waals surface area contributed by atoms with E-state index < -0.39 is 23.8 Å². The van der Waals surface area contributed by atoms with Crippen LogP contribution in [0.5, 0.6) is 5.75 Å². The summed E-state index contributed by atoms with van der Waals surface area (Å²) in [5, 5.41) is 3.47. The van der Waals surface area contributed by atoms with E-state index >= 15 is 0 Å². The van der Waals surface area contributed by atoms with Crippen LogP contribution in [0.2, 0.25) is 15.1 Å². The lowest BCUT2D eigenvalue weighted by molar-refractivity contribution is -0.119. The summed E-state index contributed by atoms with van der Waals surface area (Å²) in [6.07, 6.45) is 0. The molecule has 0 bridgehead atoms. The van der Waals surface area contributed by atoms with Gasteiger partial charge in [-0.1, -0.05) is 34.8 Å². The number of aryl methyl sites for hydroxylation is 1. The first-order chi connectivity index (χ1) is 13.1. The molecule has 1 atom stereocenters. The number of ether oxygens (including phenoxy) is 1. The Hall–Kier alpha value is -2.28. The van der Waals surface area contributed by atoms with Gasteiger partial charge in [0.05, 0.1) is 34.0 Å². The minimum atomic E-state index is -1.08. The Morgan fingerprint density at radius 1 is 1.00 bits per heavy atom. The summed E-state index contributed by atoms with van der Waals surface area (Å²) in [5.74, 6) is -1.43. The molecule has 2 aromatic carbocycles. The van der Waals surface area contributed by atoms with Gasteiger partial charge in [0, 0.05) is 11.1 Å². The average Bonchev–Trinajstić information content (AvgIpc) is 2.88.